The highest BCUT2D eigenvalue weighted by Crippen LogP contribution is 2.45. The standard InChI is InChI=1S/C79H154O17P2/c1-8-9-10-11-12-13-14-21-29-34-39-48-55-62-79(84)96-75(67-90-77(82)61-54-47-42-41-45-52-59-72(6)7)69-94-98(87,88)92-65-73(80)64-91-97(85,86)93-68-74(66-89-76(81)60-53-46-38-33-28-25-24-27-32-37-44-51-58-71(4)5)95-78(83)63-56-49-40-35-30-23-20-18-16-15-17-19-22-26-31-36-43-50-57-70(2)3/h70-75,80H,8-69H2,1-7H3,(H,85,86)(H,87,88)/t73-,74-,75-/m1/s1. The number of unbranched alkanes of at least 4 members (excludes halogenated alkanes) is 45. The highest BCUT2D eigenvalue weighted by atomic mass is 31.2. The normalized spacial score (nSPS) is 14.0. The number of carbonyl (C=O) groups excluding carboxylic acids is 4. The molecule has 0 spiro atoms. The van der Waals surface area contributed by atoms with Gasteiger partial charge in [0, 0.05) is 25.7 Å². The average molecular weight is 1440 g/mol. The first kappa shape index (κ1) is 96.1. The number of carbonyl (C=O) groups is 4. The van der Waals surface area contributed by atoms with Crippen LogP contribution in [0, 0.1) is 17.8 Å². The van der Waals surface area contributed by atoms with E-state index in [4.69, 9.17) is 37.0 Å². The Morgan fingerprint density at radius 3 is 0.694 bits per heavy atom. The lowest BCUT2D eigenvalue weighted by Gasteiger charge is -2.21. The van der Waals surface area contributed by atoms with Gasteiger partial charge < -0.3 is 33.8 Å². The van der Waals surface area contributed by atoms with Gasteiger partial charge in [0.25, 0.3) is 0 Å². The van der Waals surface area contributed by atoms with E-state index in [0.29, 0.717) is 31.6 Å². The summed E-state index contributed by atoms with van der Waals surface area (Å²) >= 11 is 0. The van der Waals surface area contributed by atoms with Gasteiger partial charge >= 0.3 is 39.5 Å². The summed E-state index contributed by atoms with van der Waals surface area (Å²) in [5.74, 6) is 0.167. The predicted molar refractivity (Wildman–Crippen MR) is 400 cm³/mol. The summed E-state index contributed by atoms with van der Waals surface area (Å²) < 4.78 is 68.6. The molecule has 0 aromatic carbocycles. The second kappa shape index (κ2) is 69.4. The van der Waals surface area contributed by atoms with E-state index in [2.05, 4.69) is 48.5 Å². The average Bonchev–Trinajstić information content (AvgIpc) is 0.953. The molecule has 0 aromatic rings. The molecule has 2 unspecified atom stereocenters. The molecule has 0 aliphatic carbocycles. The Morgan fingerprint density at radius 1 is 0.276 bits per heavy atom. The Morgan fingerprint density at radius 2 is 0.469 bits per heavy atom. The van der Waals surface area contributed by atoms with Crippen LogP contribution in [0.15, 0.2) is 0 Å². The topological polar surface area (TPSA) is 237 Å². The molecule has 0 rings (SSSR count). The van der Waals surface area contributed by atoms with Crippen molar-refractivity contribution < 1.29 is 80.2 Å². The van der Waals surface area contributed by atoms with Crippen LogP contribution in [-0.4, -0.2) is 96.7 Å². The fraction of sp³-hybridized carbons (Fsp3) is 0.949. The van der Waals surface area contributed by atoms with Crippen LogP contribution in [-0.2, 0) is 65.4 Å². The maximum Gasteiger partial charge on any atom is 0.472 e. The molecule has 0 aromatic heterocycles. The zero-order valence-electron chi connectivity index (χ0n) is 64.3. The van der Waals surface area contributed by atoms with Crippen molar-refractivity contribution in [1.29, 1.82) is 0 Å². The molecule has 0 fully saturated rings. The second-order valence-electron chi connectivity index (χ2n) is 29.9. The Kier molecular flexibility index (Phi) is 68.1. The molecular formula is C79H154O17P2. The van der Waals surface area contributed by atoms with E-state index in [1.54, 1.807) is 0 Å². The first-order valence-corrected chi connectivity index (χ1v) is 43.8. The number of rotatable bonds is 77. The number of ether oxygens (including phenoxy) is 4. The van der Waals surface area contributed by atoms with Crippen LogP contribution in [0.1, 0.15) is 408 Å². The molecule has 98 heavy (non-hydrogen) atoms. The minimum absolute atomic E-state index is 0.106. The molecule has 582 valence electrons. The van der Waals surface area contributed by atoms with Crippen LogP contribution in [0.25, 0.3) is 0 Å². The fourth-order valence-electron chi connectivity index (χ4n) is 12.1. The molecule has 0 bridgehead atoms. The minimum Gasteiger partial charge on any atom is -0.462 e. The van der Waals surface area contributed by atoms with Gasteiger partial charge in [0.1, 0.15) is 19.3 Å². The number of aliphatic hydroxyl groups excluding tert-OH is 1. The van der Waals surface area contributed by atoms with Crippen molar-refractivity contribution >= 4 is 39.5 Å². The lowest BCUT2D eigenvalue weighted by Crippen LogP contribution is -2.30. The number of aliphatic hydroxyl groups is 1. The van der Waals surface area contributed by atoms with E-state index in [9.17, 15) is 43.2 Å². The molecule has 0 aliphatic rings. The number of hydrogen-bond acceptors (Lipinski definition) is 15. The van der Waals surface area contributed by atoms with Gasteiger partial charge in [-0.3, -0.25) is 37.3 Å². The fourth-order valence-corrected chi connectivity index (χ4v) is 13.7. The molecule has 17 nitrogen and oxygen atoms in total. The monoisotopic (exact) mass is 1440 g/mol. The van der Waals surface area contributed by atoms with Gasteiger partial charge in [-0.05, 0) is 43.4 Å². The third kappa shape index (κ3) is 72.4. The lowest BCUT2D eigenvalue weighted by molar-refractivity contribution is -0.161. The van der Waals surface area contributed by atoms with Crippen molar-refractivity contribution in [2.24, 2.45) is 17.8 Å². The molecule has 0 amide bonds. The van der Waals surface area contributed by atoms with Gasteiger partial charge in [0.15, 0.2) is 12.2 Å². The molecular weight excluding hydrogens is 1280 g/mol. The van der Waals surface area contributed by atoms with E-state index in [1.807, 2.05) is 0 Å². The predicted octanol–water partition coefficient (Wildman–Crippen LogP) is 23.4. The molecule has 0 saturated carbocycles. The Hall–Kier alpha value is -1.94. The lowest BCUT2D eigenvalue weighted by atomic mass is 10.0. The highest BCUT2D eigenvalue weighted by molar-refractivity contribution is 7.47. The first-order chi connectivity index (χ1) is 47.2. The van der Waals surface area contributed by atoms with E-state index >= 15 is 0 Å². The number of esters is 4. The van der Waals surface area contributed by atoms with E-state index in [-0.39, 0.29) is 25.7 Å². The van der Waals surface area contributed by atoms with Crippen molar-refractivity contribution in [3.8, 4) is 0 Å². The van der Waals surface area contributed by atoms with E-state index in [0.717, 1.165) is 108 Å². The Labute approximate surface area is 600 Å². The molecule has 0 radical (unpaired) electrons. The maximum atomic E-state index is 13.1. The van der Waals surface area contributed by atoms with Crippen molar-refractivity contribution in [2.75, 3.05) is 39.6 Å². The number of hydrogen-bond donors (Lipinski definition) is 3. The van der Waals surface area contributed by atoms with Crippen molar-refractivity contribution in [3.63, 3.8) is 0 Å². The molecule has 0 saturated heterocycles. The number of phosphoric ester groups is 2. The van der Waals surface area contributed by atoms with E-state index < -0.39 is 97.5 Å². The van der Waals surface area contributed by atoms with Gasteiger partial charge in [0.2, 0.25) is 0 Å². The summed E-state index contributed by atoms with van der Waals surface area (Å²) in [6, 6.07) is 0. The largest absolute Gasteiger partial charge is 0.472 e. The van der Waals surface area contributed by atoms with Gasteiger partial charge in [-0.15, -0.1) is 0 Å². The summed E-state index contributed by atoms with van der Waals surface area (Å²) in [7, 11) is -9.91. The summed E-state index contributed by atoms with van der Waals surface area (Å²) in [5.41, 5.74) is 0. The smallest absolute Gasteiger partial charge is 0.462 e. The van der Waals surface area contributed by atoms with Crippen LogP contribution < -0.4 is 0 Å². The van der Waals surface area contributed by atoms with Gasteiger partial charge in [-0.1, -0.05) is 357 Å². The summed E-state index contributed by atoms with van der Waals surface area (Å²) in [4.78, 5) is 72.9. The third-order valence-corrected chi connectivity index (χ3v) is 20.3. The molecule has 19 heteroatoms. The molecule has 0 aliphatic heterocycles. The quantitative estimate of drug-likeness (QED) is 0.0222. The Bertz CT molecular complexity index is 1900. The molecule has 3 N–H and O–H groups in total. The first-order valence-electron chi connectivity index (χ1n) is 40.8. The zero-order chi connectivity index (χ0) is 72.3. The summed E-state index contributed by atoms with van der Waals surface area (Å²) in [6.07, 6.45) is 57.1. The van der Waals surface area contributed by atoms with E-state index in [1.165, 1.54) is 212 Å². The van der Waals surface area contributed by atoms with Gasteiger partial charge in [-0.2, -0.15) is 0 Å². The highest BCUT2D eigenvalue weighted by Gasteiger charge is 2.30. The minimum atomic E-state index is -4.96. The maximum absolute atomic E-state index is 13.1. The van der Waals surface area contributed by atoms with Crippen molar-refractivity contribution in [2.45, 2.75) is 426 Å². The summed E-state index contributed by atoms with van der Waals surface area (Å²) in [6.45, 7) is 11.9. The molecule has 0 heterocycles. The van der Waals surface area contributed by atoms with Crippen LogP contribution in [0.3, 0.4) is 0 Å². The molecule has 5 atom stereocenters. The van der Waals surface area contributed by atoms with Crippen LogP contribution in [0.4, 0.5) is 0 Å². The SMILES string of the molecule is CCCCCCCCCCCCCCCC(=O)O[C@H](COC(=O)CCCCCCCCC(C)C)COP(=O)(O)OC[C@H](O)COP(=O)(O)OC[C@@H](COC(=O)CCCCCCCCCCCCCCC(C)C)OC(=O)CCCCCCCCCCCCCCCCCCCCC(C)C. The Balaban J connectivity index is 5.21. The number of phosphoric acid groups is 2. The van der Waals surface area contributed by atoms with Crippen LogP contribution >= 0.6 is 15.6 Å². The third-order valence-electron chi connectivity index (χ3n) is 18.4. The van der Waals surface area contributed by atoms with Crippen molar-refractivity contribution in [1.82, 2.24) is 0 Å². The van der Waals surface area contributed by atoms with Crippen LogP contribution in [0.5, 0.6) is 0 Å². The van der Waals surface area contributed by atoms with Crippen molar-refractivity contribution in [3.05, 3.63) is 0 Å². The van der Waals surface area contributed by atoms with Gasteiger partial charge in [0.05, 0.1) is 26.4 Å². The van der Waals surface area contributed by atoms with Crippen LogP contribution in [0.2, 0.25) is 0 Å². The summed E-state index contributed by atoms with van der Waals surface area (Å²) in [5, 5.41) is 10.6. The van der Waals surface area contributed by atoms with Gasteiger partial charge in [-0.25, -0.2) is 9.13 Å². The second-order valence-corrected chi connectivity index (χ2v) is 32.8. The zero-order valence-corrected chi connectivity index (χ0v) is 66.0.